The Labute approximate surface area is 194 Å². The van der Waals surface area contributed by atoms with Crippen molar-refractivity contribution in [1.29, 1.82) is 0 Å². The number of aryl methyl sites for hydroxylation is 1. The van der Waals surface area contributed by atoms with Gasteiger partial charge in [-0.1, -0.05) is 30.3 Å². The molecule has 0 aliphatic carbocycles. The number of fused-ring (bicyclic) bond motifs is 1. The molecule has 1 aromatic carbocycles. The maximum atomic E-state index is 4.95. The van der Waals surface area contributed by atoms with Crippen molar-refractivity contribution >= 4 is 22.5 Å². The van der Waals surface area contributed by atoms with Gasteiger partial charge in [-0.05, 0) is 44.0 Å². The highest BCUT2D eigenvalue weighted by molar-refractivity contribution is 5.78. The summed E-state index contributed by atoms with van der Waals surface area (Å²) < 4.78 is 0. The van der Waals surface area contributed by atoms with E-state index < -0.39 is 0 Å². The average Bonchev–Trinajstić information content (AvgIpc) is 2.83. The van der Waals surface area contributed by atoms with E-state index in [0.717, 1.165) is 67.6 Å². The minimum absolute atomic E-state index is 0.399. The molecule has 0 N–H and O–H groups in total. The second-order valence-electron chi connectivity index (χ2n) is 9.19. The van der Waals surface area contributed by atoms with Gasteiger partial charge in [0.25, 0.3) is 0 Å². The van der Waals surface area contributed by atoms with Gasteiger partial charge in [0.2, 0.25) is 0 Å². The number of rotatable bonds is 4. The number of benzene rings is 1. The van der Waals surface area contributed by atoms with E-state index in [2.05, 4.69) is 63.3 Å². The molecule has 3 aromatic heterocycles. The number of para-hydroxylation sites is 1. The van der Waals surface area contributed by atoms with Crippen LogP contribution in [0.4, 0.5) is 11.6 Å². The lowest BCUT2D eigenvalue weighted by molar-refractivity contribution is 0.480. The fraction of sp³-hybridized carbons (Fsp3) is 0.333. The van der Waals surface area contributed by atoms with Crippen molar-refractivity contribution < 1.29 is 0 Å². The van der Waals surface area contributed by atoms with Crippen molar-refractivity contribution in [2.24, 2.45) is 0 Å². The highest BCUT2D eigenvalue weighted by Crippen LogP contribution is 2.36. The van der Waals surface area contributed by atoms with Gasteiger partial charge in [0.1, 0.15) is 5.82 Å². The predicted molar refractivity (Wildman–Crippen MR) is 132 cm³/mol. The van der Waals surface area contributed by atoms with Crippen LogP contribution in [0.5, 0.6) is 0 Å². The second-order valence-corrected chi connectivity index (χ2v) is 9.19. The Hall–Kier alpha value is -3.54. The summed E-state index contributed by atoms with van der Waals surface area (Å²) in [6.07, 6.45) is 5.84. The van der Waals surface area contributed by atoms with Gasteiger partial charge in [-0.15, -0.1) is 0 Å². The zero-order chi connectivity index (χ0) is 22.2. The van der Waals surface area contributed by atoms with Crippen LogP contribution in [-0.4, -0.2) is 46.1 Å². The second kappa shape index (κ2) is 8.43. The molecule has 0 unspecified atom stereocenters. The number of nitrogens with zero attached hydrogens (tertiary/aromatic N) is 6. The first kappa shape index (κ1) is 20.1. The molecule has 2 aliphatic heterocycles. The van der Waals surface area contributed by atoms with Crippen LogP contribution in [0, 0.1) is 6.92 Å². The van der Waals surface area contributed by atoms with Crippen LogP contribution in [0.25, 0.3) is 10.9 Å². The zero-order valence-corrected chi connectivity index (χ0v) is 18.9. The number of aromatic nitrogens is 4. The largest absolute Gasteiger partial charge is 0.355 e. The molecule has 0 bridgehead atoms. The van der Waals surface area contributed by atoms with Gasteiger partial charge in [-0.25, -0.2) is 9.97 Å². The Morgan fingerprint density at radius 1 is 0.758 bits per heavy atom. The standard InChI is InChI=1S/C27H28N6/c1-19-5-4-8-25(30-19)33-17-22(18-33)26-27(29-14-13-28-26)32-15-11-21(12-16-32)24-10-9-20-6-2-3-7-23(20)31-24/h2-10,13-14,21-22H,11-12,15-18H2,1H3. The molecule has 33 heavy (non-hydrogen) atoms. The van der Waals surface area contributed by atoms with Crippen LogP contribution >= 0.6 is 0 Å². The van der Waals surface area contributed by atoms with Crippen LogP contribution in [0.2, 0.25) is 0 Å². The van der Waals surface area contributed by atoms with Gasteiger partial charge in [0.15, 0.2) is 5.82 Å². The summed E-state index contributed by atoms with van der Waals surface area (Å²) in [7, 11) is 0. The smallest absolute Gasteiger partial charge is 0.150 e. The minimum Gasteiger partial charge on any atom is -0.355 e. The number of hydrogen-bond donors (Lipinski definition) is 0. The molecule has 5 heterocycles. The number of hydrogen-bond acceptors (Lipinski definition) is 6. The van der Waals surface area contributed by atoms with E-state index in [0.29, 0.717) is 11.8 Å². The minimum atomic E-state index is 0.399. The molecule has 0 atom stereocenters. The molecule has 2 saturated heterocycles. The van der Waals surface area contributed by atoms with Gasteiger partial charge < -0.3 is 9.80 Å². The molecule has 166 valence electrons. The van der Waals surface area contributed by atoms with Crippen molar-refractivity contribution in [3.63, 3.8) is 0 Å². The SMILES string of the molecule is Cc1cccc(N2CC(c3nccnc3N3CCC(c4ccc5ccccc5n4)CC3)C2)n1. The average molecular weight is 437 g/mol. The Bertz CT molecular complexity index is 1270. The van der Waals surface area contributed by atoms with Crippen LogP contribution < -0.4 is 9.80 Å². The molecule has 6 rings (SSSR count). The molecule has 6 heteroatoms. The van der Waals surface area contributed by atoms with E-state index in [9.17, 15) is 0 Å². The topological polar surface area (TPSA) is 58.0 Å². The lowest BCUT2D eigenvalue weighted by Crippen LogP contribution is -2.47. The zero-order valence-electron chi connectivity index (χ0n) is 18.9. The van der Waals surface area contributed by atoms with Gasteiger partial charge >= 0.3 is 0 Å². The van der Waals surface area contributed by atoms with E-state index >= 15 is 0 Å². The third-order valence-electron chi connectivity index (χ3n) is 7.00. The number of piperidine rings is 1. The van der Waals surface area contributed by atoms with Gasteiger partial charge in [0, 0.05) is 67.2 Å². The van der Waals surface area contributed by atoms with Crippen molar-refractivity contribution in [2.45, 2.75) is 31.6 Å². The maximum Gasteiger partial charge on any atom is 0.150 e. The molecule has 0 radical (unpaired) electrons. The Balaban J connectivity index is 1.14. The highest BCUT2D eigenvalue weighted by Gasteiger charge is 2.34. The Kier molecular flexibility index (Phi) is 5.13. The summed E-state index contributed by atoms with van der Waals surface area (Å²) in [6.45, 7) is 5.90. The van der Waals surface area contributed by atoms with Crippen LogP contribution in [0.1, 0.15) is 41.8 Å². The maximum absolute atomic E-state index is 4.95. The van der Waals surface area contributed by atoms with Crippen molar-refractivity contribution in [1.82, 2.24) is 19.9 Å². The van der Waals surface area contributed by atoms with Crippen molar-refractivity contribution in [3.8, 4) is 0 Å². The molecule has 2 aliphatic rings. The third kappa shape index (κ3) is 3.90. The molecule has 2 fully saturated rings. The van der Waals surface area contributed by atoms with E-state index in [1.807, 2.05) is 25.4 Å². The molecule has 6 nitrogen and oxygen atoms in total. The fourth-order valence-corrected chi connectivity index (χ4v) is 5.11. The summed E-state index contributed by atoms with van der Waals surface area (Å²) in [5.74, 6) is 3.01. The Morgan fingerprint density at radius 2 is 1.58 bits per heavy atom. The van der Waals surface area contributed by atoms with Crippen molar-refractivity contribution in [3.05, 3.63) is 84.1 Å². The molecule has 0 amide bonds. The highest BCUT2D eigenvalue weighted by atomic mass is 15.3. The van der Waals surface area contributed by atoms with E-state index in [1.165, 1.54) is 11.1 Å². The summed E-state index contributed by atoms with van der Waals surface area (Å²) >= 11 is 0. The lowest BCUT2D eigenvalue weighted by Gasteiger charge is -2.41. The molecule has 0 saturated carbocycles. The van der Waals surface area contributed by atoms with E-state index in [4.69, 9.17) is 15.0 Å². The monoisotopic (exact) mass is 436 g/mol. The first-order valence-corrected chi connectivity index (χ1v) is 11.8. The molecular weight excluding hydrogens is 408 g/mol. The van der Waals surface area contributed by atoms with Crippen LogP contribution in [-0.2, 0) is 0 Å². The quantitative estimate of drug-likeness (QED) is 0.462. The normalized spacial score (nSPS) is 17.4. The summed E-state index contributed by atoms with van der Waals surface area (Å²) in [6, 6.07) is 19.0. The fourth-order valence-electron chi connectivity index (χ4n) is 5.11. The number of anilines is 2. The van der Waals surface area contributed by atoms with Gasteiger partial charge in [-0.2, -0.15) is 0 Å². The van der Waals surface area contributed by atoms with Gasteiger partial charge in [-0.3, -0.25) is 9.97 Å². The lowest BCUT2D eigenvalue weighted by atomic mass is 9.91. The Morgan fingerprint density at radius 3 is 2.42 bits per heavy atom. The van der Waals surface area contributed by atoms with E-state index in [-0.39, 0.29) is 0 Å². The first-order chi connectivity index (χ1) is 16.2. The van der Waals surface area contributed by atoms with Crippen LogP contribution in [0.3, 0.4) is 0 Å². The van der Waals surface area contributed by atoms with E-state index in [1.54, 1.807) is 0 Å². The molecular formula is C27H28N6. The first-order valence-electron chi connectivity index (χ1n) is 11.8. The third-order valence-corrected chi connectivity index (χ3v) is 7.00. The molecule has 0 spiro atoms. The van der Waals surface area contributed by atoms with Crippen molar-refractivity contribution in [2.75, 3.05) is 36.0 Å². The number of pyridine rings is 2. The molecule has 4 aromatic rings. The summed E-state index contributed by atoms with van der Waals surface area (Å²) in [4.78, 5) is 23.9. The summed E-state index contributed by atoms with van der Waals surface area (Å²) in [5.41, 5.74) is 4.49. The predicted octanol–water partition coefficient (Wildman–Crippen LogP) is 4.72. The van der Waals surface area contributed by atoms with Crippen LogP contribution in [0.15, 0.2) is 67.0 Å². The summed E-state index contributed by atoms with van der Waals surface area (Å²) in [5, 5.41) is 1.21. The van der Waals surface area contributed by atoms with Gasteiger partial charge in [0.05, 0.1) is 11.2 Å².